The van der Waals surface area contributed by atoms with Gasteiger partial charge in [-0.3, -0.25) is 4.68 Å². The van der Waals surface area contributed by atoms with Crippen molar-refractivity contribution in [1.29, 1.82) is 0 Å². The fourth-order valence-corrected chi connectivity index (χ4v) is 3.05. The van der Waals surface area contributed by atoms with Crippen LogP contribution in [0.15, 0.2) is 6.20 Å². The summed E-state index contributed by atoms with van der Waals surface area (Å²) in [5.41, 5.74) is 2.53. The van der Waals surface area contributed by atoms with Crippen molar-refractivity contribution >= 4 is 6.03 Å². The molecule has 6 heteroatoms. The monoisotopic (exact) mass is 263 g/mol. The number of fused-ring (bicyclic) bond motifs is 1. The lowest BCUT2D eigenvalue weighted by Crippen LogP contribution is -2.41. The van der Waals surface area contributed by atoms with Gasteiger partial charge in [0.1, 0.15) is 0 Å². The van der Waals surface area contributed by atoms with E-state index in [1.165, 1.54) is 11.3 Å². The summed E-state index contributed by atoms with van der Waals surface area (Å²) < 4.78 is 2.21. The molecule has 1 saturated heterocycles. The number of aromatic nitrogens is 2. The fraction of sp³-hybridized carbons (Fsp3) is 0.692. The zero-order valence-electron chi connectivity index (χ0n) is 11.4. The van der Waals surface area contributed by atoms with E-state index in [2.05, 4.69) is 20.4 Å². The number of nitrogens with one attached hydrogen (secondary N) is 2. The maximum atomic E-state index is 11.7. The molecular formula is C13H21N5O. The molecule has 1 fully saturated rings. The number of urea groups is 1. The predicted molar refractivity (Wildman–Crippen MR) is 71.9 cm³/mol. The van der Waals surface area contributed by atoms with Gasteiger partial charge in [-0.2, -0.15) is 5.10 Å². The van der Waals surface area contributed by atoms with Gasteiger partial charge in [0.2, 0.25) is 0 Å². The lowest BCUT2D eigenvalue weighted by Gasteiger charge is -2.29. The SMILES string of the molecule is CNC(=O)N1CCc2c(cnn2C2CCNCC2)C1. The third-order valence-corrected chi connectivity index (χ3v) is 4.12. The average molecular weight is 263 g/mol. The molecule has 0 atom stereocenters. The van der Waals surface area contributed by atoms with Gasteiger partial charge >= 0.3 is 6.03 Å². The first-order valence-electron chi connectivity index (χ1n) is 7.02. The molecule has 2 N–H and O–H groups in total. The summed E-state index contributed by atoms with van der Waals surface area (Å²) in [6.45, 7) is 3.61. The van der Waals surface area contributed by atoms with E-state index in [1.54, 1.807) is 7.05 Å². The Labute approximate surface area is 113 Å². The first-order chi connectivity index (χ1) is 9.29. The van der Waals surface area contributed by atoms with Gasteiger partial charge < -0.3 is 15.5 Å². The molecule has 0 radical (unpaired) electrons. The van der Waals surface area contributed by atoms with Crippen LogP contribution in [0.5, 0.6) is 0 Å². The highest BCUT2D eigenvalue weighted by molar-refractivity contribution is 5.74. The number of carbonyl (C=O) groups excluding carboxylic acids is 1. The van der Waals surface area contributed by atoms with Crippen molar-refractivity contribution in [1.82, 2.24) is 25.3 Å². The van der Waals surface area contributed by atoms with E-state index >= 15 is 0 Å². The smallest absolute Gasteiger partial charge is 0.317 e. The molecule has 19 heavy (non-hydrogen) atoms. The first kappa shape index (κ1) is 12.5. The fourth-order valence-electron chi connectivity index (χ4n) is 3.05. The van der Waals surface area contributed by atoms with Crippen molar-refractivity contribution in [2.75, 3.05) is 26.7 Å². The lowest BCUT2D eigenvalue weighted by atomic mass is 10.0. The van der Waals surface area contributed by atoms with Gasteiger partial charge in [-0.25, -0.2) is 4.79 Å². The Hall–Kier alpha value is -1.56. The average Bonchev–Trinajstić information content (AvgIpc) is 2.90. The second kappa shape index (κ2) is 5.21. The maximum Gasteiger partial charge on any atom is 0.317 e. The van der Waals surface area contributed by atoms with Gasteiger partial charge in [-0.1, -0.05) is 0 Å². The van der Waals surface area contributed by atoms with Gasteiger partial charge in [0.05, 0.1) is 18.8 Å². The van der Waals surface area contributed by atoms with Crippen LogP contribution in [0.25, 0.3) is 0 Å². The third-order valence-electron chi connectivity index (χ3n) is 4.12. The Bertz CT molecular complexity index is 464. The van der Waals surface area contributed by atoms with E-state index in [4.69, 9.17) is 0 Å². The summed E-state index contributed by atoms with van der Waals surface area (Å²) in [7, 11) is 1.68. The van der Waals surface area contributed by atoms with E-state index in [-0.39, 0.29) is 6.03 Å². The number of amides is 2. The Balaban J connectivity index is 1.77. The van der Waals surface area contributed by atoms with Crippen LogP contribution in [-0.4, -0.2) is 47.4 Å². The molecule has 0 spiro atoms. The van der Waals surface area contributed by atoms with Crippen LogP contribution in [0.3, 0.4) is 0 Å². The maximum absolute atomic E-state index is 11.7. The molecule has 6 nitrogen and oxygen atoms in total. The van der Waals surface area contributed by atoms with E-state index in [0.29, 0.717) is 12.6 Å². The minimum absolute atomic E-state index is 0.000247. The second-order valence-electron chi connectivity index (χ2n) is 5.27. The van der Waals surface area contributed by atoms with Crippen molar-refractivity contribution in [2.24, 2.45) is 0 Å². The summed E-state index contributed by atoms with van der Waals surface area (Å²) in [5, 5.41) is 10.6. The normalized spacial score (nSPS) is 20.2. The molecule has 2 amide bonds. The van der Waals surface area contributed by atoms with Crippen LogP contribution < -0.4 is 10.6 Å². The molecule has 1 aromatic heterocycles. The van der Waals surface area contributed by atoms with E-state index in [0.717, 1.165) is 38.9 Å². The Morgan fingerprint density at radius 3 is 3.00 bits per heavy atom. The summed E-state index contributed by atoms with van der Waals surface area (Å²) >= 11 is 0. The van der Waals surface area contributed by atoms with Gasteiger partial charge in [-0.05, 0) is 25.9 Å². The minimum atomic E-state index is 0.000247. The van der Waals surface area contributed by atoms with Gasteiger partial charge in [-0.15, -0.1) is 0 Å². The summed E-state index contributed by atoms with van der Waals surface area (Å²) in [6, 6.07) is 0.525. The molecule has 0 saturated carbocycles. The number of rotatable bonds is 1. The van der Waals surface area contributed by atoms with Crippen molar-refractivity contribution in [2.45, 2.75) is 31.8 Å². The van der Waals surface area contributed by atoms with Crippen molar-refractivity contribution in [3.05, 3.63) is 17.5 Å². The zero-order valence-corrected chi connectivity index (χ0v) is 11.4. The van der Waals surface area contributed by atoms with Crippen LogP contribution in [0.4, 0.5) is 4.79 Å². The van der Waals surface area contributed by atoms with Crippen LogP contribution in [0, 0.1) is 0 Å². The van der Waals surface area contributed by atoms with Crippen molar-refractivity contribution in [3.8, 4) is 0 Å². The van der Waals surface area contributed by atoms with Crippen molar-refractivity contribution in [3.63, 3.8) is 0 Å². The summed E-state index contributed by atoms with van der Waals surface area (Å²) in [4.78, 5) is 13.5. The molecule has 3 heterocycles. The number of carbonyl (C=O) groups is 1. The van der Waals surface area contributed by atoms with Crippen LogP contribution in [0.1, 0.15) is 30.1 Å². The Morgan fingerprint density at radius 1 is 1.47 bits per heavy atom. The molecule has 0 bridgehead atoms. The first-order valence-corrected chi connectivity index (χ1v) is 7.02. The molecule has 3 rings (SSSR count). The van der Waals surface area contributed by atoms with Gasteiger partial charge in [0.15, 0.2) is 0 Å². The highest BCUT2D eigenvalue weighted by Gasteiger charge is 2.26. The number of hydrogen-bond donors (Lipinski definition) is 2. The van der Waals surface area contributed by atoms with Gasteiger partial charge in [0.25, 0.3) is 0 Å². The Kier molecular flexibility index (Phi) is 3.42. The van der Waals surface area contributed by atoms with Crippen LogP contribution in [-0.2, 0) is 13.0 Å². The molecule has 0 unspecified atom stereocenters. The largest absolute Gasteiger partial charge is 0.341 e. The molecule has 0 aliphatic carbocycles. The number of piperidine rings is 1. The van der Waals surface area contributed by atoms with E-state index in [9.17, 15) is 4.79 Å². The summed E-state index contributed by atoms with van der Waals surface area (Å²) in [5.74, 6) is 0. The third kappa shape index (κ3) is 2.32. The van der Waals surface area contributed by atoms with Crippen LogP contribution in [0.2, 0.25) is 0 Å². The standard InChI is InChI=1S/C13H21N5O/c1-14-13(19)17-7-4-12-10(9-17)8-16-18(12)11-2-5-15-6-3-11/h8,11,15H,2-7,9H2,1H3,(H,14,19). The van der Waals surface area contributed by atoms with Crippen molar-refractivity contribution < 1.29 is 4.79 Å². The van der Waals surface area contributed by atoms with E-state index < -0.39 is 0 Å². The molecule has 104 valence electrons. The molecule has 0 aromatic carbocycles. The summed E-state index contributed by atoms with van der Waals surface area (Å²) in [6.07, 6.45) is 5.14. The van der Waals surface area contributed by atoms with E-state index in [1.807, 2.05) is 11.1 Å². The molecule has 1 aromatic rings. The van der Waals surface area contributed by atoms with Gasteiger partial charge in [0, 0.05) is 31.3 Å². The highest BCUT2D eigenvalue weighted by atomic mass is 16.2. The second-order valence-corrected chi connectivity index (χ2v) is 5.27. The number of nitrogens with zero attached hydrogens (tertiary/aromatic N) is 3. The topological polar surface area (TPSA) is 62.2 Å². The van der Waals surface area contributed by atoms with Crippen LogP contribution >= 0.6 is 0 Å². The quantitative estimate of drug-likeness (QED) is 0.776. The molecular weight excluding hydrogens is 242 g/mol. The Morgan fingerprint density at radius 2 is 2.26 bits per heavy atom. The molecule has 2 aliphatic rings. The minimum Gasteiger partial charge on any atom is -0.341 e. The lowest BCUT2D eigenvalue weighted by molar-refractivity contribution is 0.193. The molecule has 2 aliphatic heterocycles. The highest BCUT2D eigenvalue weighted by Crippen LogP contribution is 2.25. The zero-order chi connectivity index (χ0) is 13.2. The number of hydrogen-bond acceptors (Lipinski definition) is 3. The predicted octanol–water partition coefficient (Wildman–Crippen LogP) is 0.505.